The van der Waals surface area contributed by atoms with Crippen LogP contribution in [-0.2, 0) is 11.3 Å². The zero-order valence-corrected chi connectivity index (χ0v) is 15.6. The summed E-state index contributed by atoms with van der Waals surface area (Å²) in [7, 11) is 7.46. The van der Waals surface area contributed by atoms with Gasteiger partial charge in [-0.1, -0.05) is 23.8 Å². The molecule has 4 heteroatoms. The molecule has 0 radical (unpaired) electrons. The van der Waals surface area contributed by atoms with Gasteiger partial charge >= 0.3 is 0 Å². The second-order valence-corrected chi connectivity index (χ2v) is 6.33. The first-order chi connectivity index (χ1) is 11.9. The van der Waals surface area contributed by atoms with Gasteiger partial charge in [0.2, 0.25) is 5.91 Å². The van der Waals surface area contributed by atoms with Crippen molar-refractivity contribution in [3.8, 4) is 5.75 Å². The van der Waals surface area contributed by atoms with Gasteiger partial charge in [0.05, 0.1) is 7.11 Å². The van der Waals surface area contributed by atoms with Crippen molar-refractivity contribution in [3.63, 3.8) is 0 Å². The van der Waals surface area contributed by atoms with Crippen LogP contribution in [0.2, 0.25) is 0 Å². The maximum Gasteiger partial charge on any atom is 0.246 e. The summed E-state index contributed by atoms with van der Waals surface area (Å²) in [4.78, 5) is 16.1. The molecule has 4 nitrogen and oxygen atoms in total. The lowest BCUT2D eigenvalue weighted by Gasteiger charge is -2.17. The molecular formula is C21H26N2O2. The molecule has 0 spiro atoms. The molecule has 0 heterocycles. The Bertz CT molecular complexity index is 749. The average Bonchev–Trinajstić information content (AvgIpc) is 2.60. The fourth-order valence-corrected chi connectivity index (χ4v) is 2.52. The molecule has 0 aromatic heterocycles. The lowest BCUT2D eigenvalue weighted by Crippen LogP contribution is -2.24. The molecule has 0 saturated carbocycles. The van der Waals surface area contributed by atoms with E-state index in [-0.39, 0.29) is 5.91 Å². The zero-order chi connectivity index (χ0) is 18.4. The number of carbonyl (C=O) groups is 1. The molecule has 0 aliphatic rings. The average molecular weight is 338 g/mol. The Kier molecular flexibility index (Phi) is 6.23. The lowest BCUT2D eigenvalue weighted by atomic mass is 10.1. The van der Waals surface area contributed by atoms with Gasteiger partial charge in [-0.05, 0) is 42.8 Å². The first kappa shape index (κ1) is 18.6. The van der Waals surface area contributed by atoms with Crippen LogP contribution in [0.1, 0.15) is 16.7 Å². The number of aryl methyl sites for hydroxylation is 1. The van der Waals surface area contributed by atoms with E-state index in [4.69, 9.17) is 4.74 Å². The van der Waals surface area contributed by atoms with E-state index >= 15 is 0 Å². The minimum atomic E-state index is -0.0414. The summed E-state index contributed by atoms with van der Waals surface area (Å²) in [5, 5.41) is 0. The number of nitrogens with zero attached hydrogens (tertiary/aromatic N) is 2. The molecule has 132 valence electrons. The number of hydrogen-bond donors (Lipinski definition) is 0. The number of anilines is 1. The van der Waals surface area contributed by atoms with Gasteiger partial charge in [0.1, 0.15) is 5.75 Å². The highest BCUT2D eigenvalue weighted by molar-refractivity contribution is 5.92. The predicted molar refractivity (Wildman–Crippen MR) is 104 cm³/mol. The fourth-order valence-electron chi connectivity index (χ4n) is 2.52. The highest BCUT2D eigenvalue weighted by atomic mass is 16.5. The van der Waals surface area contributed by atoms with E-state index in [0.717, 1.165) is 28.1 Å². The summed E-state index contributed by atoms with van der Waals surface area (Å²) in [6, 6.07) is 14.1. The summed E-state index contributed by atoms with van der Waals surface area (Å²) >= 11 is 0. The minimum Gasteiger partial charge on any atom is -0.496 e. The van der Waals surface area contributed by atoms with E-state index in [0.29, 0.717) is 6.54 Å². The predicted octanol–water partition coefficient (Wildman–Crippen LogP) is 3.74. The molecule has 2 aromatic rings. The highest BCUT2D eigenvalue weighted by Gasteiger charge is 2.07. The third-order valence-electron chi connectivity index (χ3n) is 4.04. The van der Waals surface area contributed by atoms with E-state index < -0.39 is 0 Å². The minimum absolute atomic E-state index is 0.0414. The Morgan fingerprint density at radius 1 is 1.08 bits per heavy atom. The van der Waals surface area contributed by atoms with Crippen LogP contribution in [0.4, 0.5) is 5.69 Å². The molecule has 0 fully saturated rings. The van der Waals surface area contributed by atoms with Gasteiger partial charge in [0.25, 0.3) is 0 Å². The highest BCUT2D eigenvalue weighted by Crippen LogP contribution is 2.21. The van der Waals surface area contributed by atoms with E-state index in [2.05, 4.69) is 17.0 Å². The van der Waals surface area contributed by atoms with Crippen LogP contribution in [-0.4, -0.2) is 39.1 Å². The van der Waals surface area contributed by atoms with Crippen molar-refractivity contribution in [1.82, 2.24) is 4.90 Å². The number of carbonyl (C=O) groups excluding carboxylic acids is 1. The Hall–Kier alpha value is -2.75. The van der Waals surface area contributed by atoms with Gasteiger partial charge in [-0.3, -0.25) is 4.79 Å². The quantitative estimate of drug-likeness (QED) is 0.752. The Balaban J connectivity index is 2.03. The topological polar surface area (TPSA) is 32.8 Å². The van der Waals surface area contributed by atoms with Crippen molar-refractivity contribution in [2.24, 2.45) is 0 Å². The second kappa shape index (κ2) is 8.38. The summed E-state index contributed by atoms with van der Waals surface area (Å²) < 4.78 is 5.34. The fraction of sp³-hybridized carbons (Fsp3) is 0.286. The zero-order valence-electron chi connectivity index (χ0n) is 15.6. The second-order valence-electron chi connectivity index (χ2n) is 6.33. The van der Waals surface area contributed by atoms with Crippen LogP contribution in [0, 0.1) is 6.92 Å². The van der Waals surface area contributed by atoms with Gasteiger partial charge < -0.3 is 14.5 Å². The van der Waals surface area contributed by atoms with Gasteiger partial charge in [-0.25, -0.2) is 0 Å². The number of ether oxygens (including phenoxy) is 1. The molecule has 1 amide bonds. The van der Waals surface area contributed by atoms with Crippen LogP contribution in [0.25, 0.3) is 6.08 Å². The first-order valence-electron chi connectivity index (χ1n) is 8.25. The number of methoxy groups -OCH3 is 1. The molecule has 0 N–H and O–H groups in total. The standard InChI is InChI=1S/C21H26N2O2/c1-16-6-12-20(25-5)18(14-16)9-13-21(24)23(4)15-17-7-10-19(11-8-17)22(2)3/h6-14H,15H2,1-5H3/b13-9+. The molecule has 2 aromatic carbocycles. The van der Waals surface area contributed by atoms with Crippen molar-refractivity contribution in [2.75, 3.05) is 33.2 Å². The molecular weight excluding hydrogens is 312 g/mol. The van der Waals surface area contributed by atoms with Gasteiger partial charge in [-0.2, -0.15) is 0 Å². The van der Waals surface area contributed by atoms with Crippen LogP contribution >= 0.6 is 0 Å². The normalized spacial score (nSPS) is 10.8. The van der Waals surface area contributed by atoms with E-state index in [9.17, 15) is 4.79 Å². The van der Waals surface area contributed by atoms with Crippen molar-refractivity contribution in [3.05, 3.63) is 65.2 Å². The molecule has 0 aliphatic carbocycles. The van der Waals surface area contributed by atoms with Gasteiger partial charge in [-0.15, -0.1) is 0 Å². The summed E-state index contributed by atoms with van der Waals surface area (Å²) in [5.74, 6) is 0.719. The molecule has 25 heavy (non-hydrogen) atoms. The van der Waals surface area contributed by atoms with E-state index in [1.165, 1.54) is 0 Å². The lowest BCUT2D eigenvalue weighted by molar-refractivity contribution is -0.125. The maximum absolute atomic E-state index is 12.4. The molecule has 0 aliphatic heterocycles. The molecule has 0 saturated heterocycles. The van der Waals surface area contributed by atoms with Crippen molar-refractivity contribution in [2.45, 2.75) is 13.5 Å². The summed E-state index contributed by atoms with van der Waals surface area (Å²) in [5.41, 5.74) is 4.27. The maximum atomic E-state index is 12.4. The van der Waals surface area contributed by atoms with Crippen LogP contribution in [0.3, 0.4) is 0 Å². The summed E-state index contributed by atoms with van der Waals surface area (Å²) in [6.45, 7) is 2.59. The number of amides is 1. The van der Waals surface area contributed by atoms with Crippen molar-refractivity contribution >= 4 is 17.7 Å². The number of rotatable bonds is 6. The molecule has 2 rings (SSSR count). The van der Waals surface area contributed by atoms with Crippen LogP contribution in [0.15, 0.2) is 48.5 Å². The third kappa shape index (κ3) is 5.11. The SMILES string of the molecule is COc1ccc(C)cc1/C=C/C(=O)N(C)Cc1ccc(N(C)C)cc1. The van der Waals surface area contributed by atoms with E-state index in [1.54, 1.807) is 31.2 Å². The molecule has 0 bridgehead atoms. The van der Waals surface area contributed by atoms with Crippen molar-refractivity contribution < 1.29 is 9.53 Å². The number of likely N-dealkylation sites (N-methyl/N-ethyl adjacent to an activating group) is 1. The molecule has 0 atom stereocenters. The first-order valence-corrected chi connectivity index (χ1v) is 8.25. The van der Waals surface area contributed by atoms with Gasteiger partial charge in [0.15, 0.2) is 0 Å². The Morgan fingerprint density at radius 3 is 2.36 bits per heavy atom. The summed E-state index contributed by atoms with van der Waals surface area (Å²) in [6.07, 6.45) is 3.39. The van der Waals surface area contributed by atoms with Crippen LogP contribution in [0.5, 0.6) is 5.75 Å². The van der Waals surface area contributed by atoms with Crippen molar-refractivity contribution in [1.29, 1.82) is 0 Å². The monoisotopic (exact) mass is 338 g/mol. The smallest absolute Gasteiger partial charge is 0.246 e. The number of benzene rings is 2. The van der Waals surface area contributed by atoms with E-state index in [1.807, 2.05) is 51.4 Å². The van der Waals surface area contributed by atoms with Crippen LogP contribution < -0.4 is 9.64 Å². The Morgan fingerprint density at radius 2 is 1.76 bits per heavy atom. The Labute approximate surface area is 150 Å². The largest absolute Gasteiger partial charge is 0.496 e. The van der Waals surface area contributed by atoms with Gasteiger partial charge in [0, 0.05) is 45.0 Å². The molecule has 0 unspecified atom stereocenters. The third-order valence-corrected chi connectivity index (χ3v) is 4.04. The number of hydrogen-bond acceptors (Lipinski definition) is 3.